The second kappa shape index (κ2) is 4.05. The summed E-state index contributed by atoms with van der Waals surface area (Å²) < 4.78 is 47.6. The molecule has 0 bridgehead atoms. The Morgan fingerprint density at radius 3 is 1.91 bits per heavy atom. The van der Waals surface area contributed by atoms with Gasteiger partial charge in [0.15, 0.2) is 0 Å². The SMILES string of the molecule is C[PH](C)(F)CCC(F)=C(F)F. The van der Waals surface area contributed by atoms with Gasteiger partial charge in [0.05, 0.1) is 0 Å². The van der Waals surface area contributed by atoms with Gasteiger partial charge in [0.1, 0.15) is 0 Å². The molecule has 0 saturated carbocycles. The molecule has 0 heterocycles. The average Bonchev–Trinajstić information content (AvgIpc) is 1.80. The normalized spacial score (nSPS) is 12.9. The Morgan fingerprint density at radius 1 is 1.18 bits per heavy atom. The van der Waals surface area contributed by atoms with E-state index in [0.717, 1.165) is 0 Å². The van der Waals surface area contributed by atoms with Crippen LogP contribution >= 0.6 is 7.57 Å². The van der Waals surface area contributed by atoms with Crippen LogP contribution in [0.2, 0.25) is 0 Å². The topological polar surface area (TPSA) is 0 Å². The van der Waals surface area contributed by atoms with E-state index < -0.39 is 25.9 Å². The molecule has 11 heavy (non-hydrogen) atoms. The van der Waals surface area contributed by atoms with Gasteiger partial charge in [-0.25, -0.2) is 0 Å². The fraction of sp³-hybridized carbons (Fsp3) is 0.667. The Balaban J connectivity index is 3.82. The van der Waals surface area contributed by atoms with E-state index in [1.54, 1.807) is 0 Å². The first-order valence-corrected chi connectivity index (χ1v) is 6.30. The van der Waals surface area contributed by atoms with Crippen molar-refractivity contribution in [2.24, 2.45) is 0 Å². The molecule has 0 saturated heterocycles. The van der Waals surface area contributed by atoms with Crippen molar-refractivity contribution in [2.75, 3.05) is 19.5 Å². The van der Waals surface area contributed by atoms with Gasteiger partial charge in [-0.3, -0.25) is 0 Å². The summed E-state index contributed by atoms with van der Waals surface area (Å²) in [6.45, 7) is 2.72. The molecule has 0 aliphatic carbocycles. The second-order valence-corrected chi connectivity index (χ2v) is 6.82. The summed E-state index contributed by atoms with van der Waals surface area (Å²) >= 11 is 0. The van der Waals surface area contributed by atoms with Crippen LogP contribution in [0.25, 0.3) is 0 Å². The summed E-state index contributed by atoms with van der Waals surface area (Å²) in [7, 11) is -2.87. The monoisotopic (exact) mass is 190 g/mol. The van der Waals surface area contributed by atoms with Crippen LogP contribution in [0.15, 0.2) is 11.9 Å². The summed E-state index contributed by atoms with van der Waals surface area (Å²) in [5.41, 5.74) is 0. The third-order valence-corrected chi connectivity index (χ3v) is 2.58. The van der Waals surface area contributed by atoms with Crippen LogP contribution in [0.4, 0.5) is 17.4 Å². The predicted octanol–water partition coefficient (Wildman–Crippen LogP) is 3.35. The van der Waals surface area contributed by atoms with Gasteiger partial charge >= 0.3 is 62.8 Å². The van der Waals surface area contributed by atoms with E-state index in [1.165, 1.54) is 13.3 Å². The van der Waals surface area contributed by atoms with Gasteiger partial charge in [-0.05, 0) is 0 Å². The number of rotatable bonds is 3. The van der Waals surface area contributed by atoms with Crippen molar-refractivity contribution in [3.63, 3.8) is 0 Å². The summed E-state index contributed by atoms with van der Waals surface area (Å²) in [6, 6.07) is 0. The summed E-state index contributed by atoms with van der Waals surface area (Å²) in [4.78, 5) is 0. The first-order valence-electron chi connectivity index (χ1n) is 3.21. The molecule has 0 nitrogen and oxygen atoms in total. The first kappa shape index (κ1) is 10.9. The molecule has 0 amide bonds. The zero-order valence-corrected chi connectivity index (χ0v) is 7.43. The first-order chi connectivity index (χ1) is 4.83. The standard InChI is InChI=1S/C6H11F4P/c1-11(2,10)4-3-5(7)6(8)9/h11H,3-4H2,1-2H3. The van der Waals surface area contributed by atoms with E-state index in [-0.39, 0.29) is 6.16 Å². The van der Waals surface area contributed by atoms with E-state index in [4.69, 9.17) is 0 Å². The fourth-order valence-corrected chi connectivity index (χ4v) is 1.32. The predicted molar refractivity (Wildman–Crippen MR) is 41.1 cm³/mol. The molecular weight excluding hydrogens is 179 g/mol. The van der Waals surface area contributed by atoms with Gasteiger partial charge in [-0.15, -0.1) is 0 Å². The van der Waals surface area contributed by atoms with E-state index >= 15 is 0 Å². The van der Waals surface area contributed by atoms with Crippen molar-refractivity contribution in [3.8, 4) is 0 Å². The van der Waals surface area contributed by atoms with E-state index in [9.17, 15) is 17.4 Å². The van der Waals surface area contributed by atoms with Gasteiger partial charge in [-0.1, -0.05) is 0 Å². The van der Waals surface area contributed by atoms with Gasteiger partial charge in [0, 0.05) is 0 Å². The Bertz CT molecular complexity index is 154. The van der Waals surface area contributed by atoms with Gasteiger partial charge in [-0.2, -0.15) is 0 Å². The molecule has 0 aromatic carbocycles. The van der Waals surface area contributed by atoms with E-state index in [1.807, 2.05) is 0 Å². The van der Waals surface area contributed by atoms with Crippen LogP contribution in [0.5, 0.6) is 0 Å². The van der Waals surface area contributed by atoms with Crippen LogP contribution in [0.1, 0.15) is 6.42 Å². The average molecular weight is 190 g/mol. The molecule has 0 N–H and O–H groups in total. The van der Waals surface area contributed by atoms with Crippen LogP contribution in [0.3, 0.4) is 0 Å². The Hall–Kier alpha value is -0.110. The Kier molecular flexibility index (Phi) is 4.01. The van der Waals surface area contributed by atoms with E-state index in [0.29, 0.717) is 0 Å². The molecule has 0 aliphatic rings. The number of halogens is 4. The zero-order chi connectivity index (χ0) is 9.07. The third-order valence-electron chi connectivity index (χ3n) is 1.14. The van der Waals surface area contributed by atoms with Gasteiger partial charge in [0.25, 0.3) is 0 Å². The molecule has 0 radical (unpaired) electrons. The number of hydrogen-bond donors (Lipinski definition) is 0. The summed E-state index contributed by atoms with van der Waals surface area (Å²) in [5, 5.41) is 0. The van der Waals surface area contributed by atoms with Crippen molar-refractivity contribution in [1.29, 1.82) is 0 Å². The van der Waals surface area contributed by atoms with Crippen molar-refractivity contribution in [1.82, 2.24) is 0 Å². The molecule has 5 heteroatoms. The molecule has 0 atom stereocenters. The molecule has 0 spiro atoms. The van der Waals surface area contributed by atoms with Crippen LogP contribution < -0.4 is 0 Å². The van der Waals surface area contributed by atoms with E-state index in [2.05, 4.69) is 0 Å². The fourth-order valence-electron chi connectivity index (χ4n) is 0.501. The molecular formula is C6H11F4P. The molecule has 0 fully saturated rings. The van der Waals surface area contributed by atoms with Crippen molar-refractivity contribution in [3.05, 3.63) is 11.9 Å². The maximum absolute atomic E-state index is 12.7. The minimum atomic E-state index is -2.87. The number of allylic oxidation sites excluding steroid dienone is 1. The Labute approximate surface area is 63.7 Å². The van der Waals surface area contributed by atoms with Crippen LogP contribution in [-0.4, -0.2) is 19.5 Å². The number of hydrogen-bond acceptors (Lipinski definition) is 0. The minimum absolute atomic E-state index is 0.0871. The third kappa shape index (κ3) is 6.29. The molecule has 0 rings (SSSR count). The molecule has 0 aliphatic heterocycles. The molecule has 0 unspecified atom stereocenters. The summed E-state index contributed by atoms with van der Waals surface area (Å²) in [5.74, 6) is -1.48. The quantitative estimate of drug-likeness (QED) is 0.473. The van der Waals surface area contributed by atoms with Crippen LogP contribution in [0, 0.1) is 0 Å². The molecule has 68 valence electrons. The Morgan fingerprint density at radius 2 is 1.64 bits per heavy atom. The van der Waals surface area contributed by atoms with Crippen molar-refractivity contribution >= 4 is 7.57 Å². The van der Waals surface area contributed by atoms with Gasteiger partial charge in [0.2, 0.25) is 0 Å². The van der Waals surface area contributed by atoms with Crippen molar-refractivity contribution < 1.29 is 17.4 Å². The molecule has 0 aromatic heterocycles. The van der Waals surface area contributed by atoms with Crippen molar-refractivity contribution in [2.45, 2.75) is 6.42 Å². The second-order valence-electron chi connectivity index (χ2n) is 2.88. The van der Waals surface area contributed by atoms with Gasteiger partial charge < -0.3 is 0 Å². The summed E-state index contributed by atoms with van der Waals surface area (Å²) in [6.07, 6.45) is -2.89. The molecule has 0 aromatic rings. The zero-order valence-electron chi connectivity index (χ0n) is 6.43. The van der Waals surface area contributed by atoms with Crippen LogP contribution in [-0.2, 0) is 0 Å². The maximum atomic E-state index is 12.7.